The van der Waals surface area contributed by atoms with E-state index in [9.17, 15) is 4.39 Å². The van der Waals surface area contributed by atoms with Gasteiger partial charge < -0.3 is 0 Å². The first kappa shape index (κ1) is 19.9. The summed E-state index contributed by atoms with van der Waals surface area (Å²) in [4.78, 5) is 0. The van der Waals surface area contributed by atoms with Crippen molar-refractivity contribution < 1.29 is 4.39 Å². The van der Waals surface area contributed by atoms with E-state index in [4.69, 9.17) is 0 Å². The Hall–Kier alpha value is -2.41. The number of benzene rings is 3. The molecule has 0 unspecified atom stereocenters. The molecule has 150 valence electrons. The summed E-state index contributed by atoms with van der Waals surface area (Å²) in [6.07, 6.45) is 6.82. The lowest BCUT2D eigenvalue weighted by molar-refractivity contribution is 0.348. The molecule has 0 aromatic heterocycles. The maximum Gasteiger partial charge on any atom is 0.0897 e. The summed E-state index contributed by atoms with van der Waals surface area (Å²) in [5, 5.41) is 0. The largest absolute Gasteiger partial charge is 0.251 e. The fourth-order valence-electron chi connectivity index (χ4n) is 4.53. The Labute approximate surface area is 174 Å². The lowest BCUT2D eigenvalue weighted by atomic mass is 9.79. The van der Waals surface area contributed by atoms with Gasteiger partial charge in [-0.15, -0.1) is 0 Å². The number of aryl methyl sites for hydroxylation is 1. The van der Waals surface area contributed by atoms with Crippen molar-refractivity contribution in [1.29, 1.82) is 0 Å². The van der Waals surface area contributed by atoms with E-state index in [1.807, 2.05) is 0 Å². The average Bonchev–Trinajstić information content (AvgIpc) is 2.79. The quantitative estimate of drug-likeness (QED) is 0.400. The molecule has 1 heteroatoms. The number of hydrogen-bond acceptors (Lipinski definition) is 0. The first-order valence-electron chi connectivity index (χ1n) is 11.1. The lowest BCUT2D eigenvalue weighted by Gasteiger charge is -2.26. The highest BCUT2D eigenvalue weighted by Gasteiger charge is 2.19. The number of alkyl halides is 1. The molecule has 3 aromatic carbocycles. The molecular weight excluding hydrogens is 355 g/mol. The van der Waals surface area contributed by atoms with E-state index >= 15 is 0 Å². The van der Waals surface area contributed by atoms with Crippen LogP contribution in [0.2, 0.25) is 0 Å². The van der Waals surface area contributed by atoms with E-state index in [-0.39, 0.29) is 6.67 Å². The van der Waals surface area contributed by atoms with Gasteiger partial charge in [-0.3, -0.25) is 4.39 Å². The summed E-state index contributed by atoms with van der Waals surface area (Å²) in [5.41, 5.74) is 7.69. The second-order valence-corrected chi connectivity index (χ2v) is 8.65. The molecule has 0 heterocycles. The van der Waals surface area contributed by atoms with Crippen LogP contribution in [-0.4, -0.2) is 6.67 Å². The first-order valence-corrected chi connectivity index (χ1v) is 11.1. The van der Waals surface area contributed by atoms with Crippen LogP contribution >= 0.6 is 0 Å². The SMILES string of the molecule is CC1CCC(c2ccc(-c3ccc(-c4ccc(CCCF)cc4)cc3)cc2)CC1. The predicted molar refractivity (Wildman–Crippen MR) is 122 cm³/mol. The lowest BCUT2D eigenvalue weighted by Crippen LogP contribution is -2.10. The molecule has 0 saturated heterocycles. The summed E-state index contributed by atoms with van der Waals surface area (Å²) in [5.74, 6) is 1.64. The molecule has 1 aliphatic carbocycles. The van der Waals surface area contributed by atoms with Crippen LogP contribution in [0.25, 0.3) is 22.3 Å². The van der Waals surface area contributed by atoms with E-state index in [0.29, 0.717) is 6.42 Å². The molecule has 0 spiro atoms. The Morgan fingerprint density at radius 1 is 0.655 bits per heavy atom. The molecule has 0 bridgehead atoms. The summed E-state index contributed by atoms with van der Waals surface area (Å²) < 4.78 is 12.3. The molecule has 1 fully saturated rings. The van der Waals surface area contributed by atoms with Gasteiger partial charge in [0.25, 0.3) is 0 Å². The van der Waals surface area contributed by atoms with Gasteiger partial charge in [0, 0.05) is 0 Å². The Bertz CT molecular complexity index is 883. The molecule has 4 rings (SSSR count). The van der Waals surface area contributed by atoms with E-state index in [1.54, 1.807) is 0 Å². The van der Waals surface area contributed by atoms with Gasteiger partial charge in [0.2, 0.25) is 0 Å². The third-order valence-corrected chi connectivity index (χ3v) is 6.50. The predicted octanol–water partition coefficient (Wildman–Crippen LogP) is 8.22. The van der Waals surface area contributed by atoms with Gasteiger partial charge in [0.05, 0.1) is 6.67 Å². The molecule has 0 radical (unpaired) electrons. The van der Waals surface area contributed by atoms with Crippen molar-refractivity contribution in [3.05, 3.63) is 83.9 Å². The fourth-order valence-corrected chi connectivity index (χ4v) is 4.53. The second-order valence-electron chi connectivity index (χ2n) is 8.65. The monoisotopic (exact) mass is 386 g/mol. The third kappa shape index (κ3) is 4.96. The zero-order chi connectivity index (χ0) is 20.1. The Kier molecular flexibility index (Phi) is 6.44. The molecule has 1 saturated carbocycles. The number of rotatable bonds is 6. The fraction of sp³-hybridized carbons (Fsp3) is 0.357. The molecule has 29 heavy (non-hydrogen) atoms. The minimum Gasteiger partial charge on any atom is -0.251 e. The molecule has 0 aliphatic heterocycles. The molecule has 0 amide bonds. The number of halogens is 1. The summed E-state index contributed by atoms with van der Waals surface area (Å²) in [6.45, 7) is 2.13. The van der Waals surface area contributed by atoms with Crippen molar-refractivity contribution in [2.24, 2.45) is 5.92 Å². The van der Waals surface area contributed by atoms with Gasteiger partial charge in [-0.1, -0.05) is 92.6 Å². The van der Waals surface area contributed by atoms with Crippen molar-refractivity contribution in [3.8, 4) is 22.3 Å². The van der Waals surface area contributed by atoms with E-state index in [1.165, 1.54) is 59.1 Å². The van der Waals surface area contributed by atoms with Crippen molar-refractivity contribution in [1.82, 2.24) is 0 Å². The molecule has 3 aromatic rings. The van der Waals surface area contributed by atoms with Crippen LogP contribution < -0.4 is 0 Å². The second kappa shape index (κ2) is 9.39. The van der Waals surface area contributed by atoms with Gasteiger partial charge in [-0.25, -0.2) is 0 Å². The molecular formula is C28H31F. The van der Waals surface area contributed by atoms with Crippen molar-refractivity contribution in [2.75, 3.05) is 6.67 Å². The highest BCUT2D eigenvalue weighted by molar-refractivity contribution is 5.70. The van der Waals surface area contributed by atoms with E-state index < -0.39 is 0 Å². The van der Waals surface area contributed by atoms with Crippen LogP contribution in [0.4, 0.5) is 4.39 Å². The van der Waals surface area contributed by atoms with Gasteiger partial charge in [0.1, 0.15) is 0 Å². The van der Waals surface area contributed by atoms with Crippen molar-refractivity contribution >= 4 is 0 Å². The van der Waals surface area contributed by atoms with Crippen LogP contribution in [0.15, 0.2) is 72.8 Å². The third-order valence-electron chi connectivity index (χ3n) is 6.50. The Morgan fingerprint density at radius 3 is 1.59 bits per heavy atom. The maximum absolute atomic E-state index is 12.3. The normalized spacial score (nSPS) is 19.2. The van der Waals surface area contributed by atoms with Crippen LogP contribution in [0, 0.1) is 5.92 Å². The van der Waals surface area contributed by atoms with Crippen LogP contribution in [-0.2, 0) is 6.42 Å². The first-order chi connectivity index (χ1) is 14.2. The zero-order valence-corrected chi connectivity index (χ0v) is 17.4. The van der Waals surface area contributed by atoms with Crippen LogP contribution in [0.5, 0.6) is 0 Å². The minimum atomic E-state index is -0.246. The van der Waals surface area contributed by atoms with Crippen molar-refractivity contribution in [3.63, 3.8) is 0 Å². The van der Waals surface area contributed by atoms with Crippen LogP contribution in [0.1, 0.15) is 56.1 Å². The number of hydrogen-bond donors (Lipinski definition) is 0. The van der Waals surface area contributed by atoms with Gasteiger partial charge in [-0.05, 0) is 70.9 Å². The highest BCUT2D eigenvalue weighted by Crippen LogP contribution is 2.36. The van der Waals surface area contributed by atoms with Gasteiger partial charge in [-0.2, -0.15) is 0 Å². The minimum absolute atomic E-state index is 0.246. The molecule has 0 atom stereocenters. The van der Waals surface area contributed by atoms with Gasteiger partial charge >= 0.3 is 0 Å². The van der Waals surface area contributed by atoms with E-state index in [0.717, 1.165) is 18.3 Å². The topological polar surface area (TPSA) is 0 Å². The average molecular weight is 387 g/mol. The smallest absolute Gasteiger partial charge is 0.0897 e. The molecule has 0 N–H and O–H groups in total. The van der Waals surface area contributed by atoms with Crippen molar-refractivity contribution in [2.45, 2.75) is 51.4 Å². The molecule has 1 aliphatic rings. The van der Waals surface area contributed by atoms with E-state index in [2.05, 4.69) is 79.7 Å². The van der Waals surface area contributed by atoms with Gasteiger partial charge in [0.15, 0.2) is 0 Å². The zero-order valence-electron chi connectivity index (χ0n) is 17.4. The summed E-state index contributed by atoms with van der Waals surface area (Å²) >= 11 is 0. The van der Waals surface area contributed by atoms with Crippen LogP contribution in [0.3, 0.4) is 0 Å². The standard InChI is InChI=1S/C28H31F/c1-21-4-8-23(9-5-21)25-12-16-27(17-13-25)28-18-14-26(15-19-28)24-10-6-22(7-11-24)3-2-20-29/h6-7,10-19,21,23H,2-5,8-9,20H2,1H3. The maximum atomic E-state index is 12.3. The Morgan fingerprint density at radius 2 is 1.10 bits per heavy atom. The molecule has 0 nitrogen and oxygen atoms in total. The Balaban J connectivity index is 1.43. The highest BCUT2D eigenvalue weighted by atomic mass is 19.1. The summed E-state index contributed by atoms with van der Waals surface area (Å²) in [6, 6.07) is 26.6. The summed E-state index contributed by atoms with van der Waals surface area (Å²) in [7, 11) is 0.